The molecule has 0 bridgehead atoms. The van der Waals surface area contributed by atoms with Gasteiger partial charge in [-0.25, -0.2) is 4.98 Å². The third-order valence-corrected chi connectivity index (χ3v) is 6.42. The quantitative estimate of drug-likeness (QED) is 0.840. The Bertz CT molecular complexity index is 656. The molecule has 0 radical (unpaired) electrons. The van der Waals surface area contributed by atoms with Crippen molar-refractivity contribution in [3.05, 3.63) is 24.3 Å². The number of halogens is 1. The van der Waals surface area contributed by atoms with Crippen molar-refractivity contribution in [1.82, 2.24) is 9.88 Å². The van der Waals surface area contributed by atoms with Crippen molar-refractivity contribution in [1.29, 1.82) is 0 Å². The number of carbonyl (C=O) groups excluding carboxylic acids is 1. The molecule has 1 fully saturated rings. The second kappa shape index (κ2) is 7.38. The molecule has 23 heavy (non-hydrogen) atoms. The average molecular weight is 372 g/mol. The Morgan fingerprint density at radius 3 is 2.91 bits per heavy atom. The number of likely N-dealkylation sites (tertiary alicyclic amines) is 1. The summed E-state index contributed by atoms with van der Waals surface area (Å²) in [5.74, 6) is 0.634. The van der Waals surface area contributed by atoms with E-state index in [4.69, 9.17) is 5.73 Å². The second-order valence-electron chi connectivity index (χ2n) is 6.44. The number of thioether (sulfide) groups is 1. The van der Waals surface area contributed by atoms with Crippen molar-refractivity contribution >= 4 is 51.6 Å². The minimum Gasteiger partial charge on any atom is -0.341 e. The molecule has 126 valence electrons. The van der Waals surface area contributed by atoms with Crippen LogP contribution in [0, 0.1) is 5.41 Å². The maximum Gasteiger partial charge on any atom is 0.233 e. The van der Waals surface area contributed by atoms with Crippen LogP contribution in [0.2, 0.25) is 0 Å². The lowest BCUT2D eigenvalue weighted by Gasteiger charge is -2.42. The van der Waals surface area contributed by atoms with Crippen LogP contribution in [0.25, 0.3) is 10.2 Å². The number of rotatable bonds is 3. The average Bonchev–Trinajstić information content (AvgIpc) is 2.90. The van der Waals surface area contributed by atoms with Crippen LogP contribution < -0.4 is 5.73 Å². The van der Waals surface area contributed by atoms with Gasteiger partial charge in [-0.2, -0.15) is 0 Å². The van der Waals surface area contributed by atoms with Gasteiger partial charge in [0.05, 0.1) is 16.0 Å². The molecule has 0 aliphatic carbocycles. The number of fused-ring (bicyclic) bond motifs is 1. The molecule has 2 N–H and O–H groups in total. The number of aromatic nitrogens is 1. The third-order valence-electron chi connectivity index (χ3n) is 4.26. The van der Waals surface area contributed by atoms with Gasteiger partial charge >= 0.3 is 0 Å². The summed E-state index contributed by atoms with van der Waals surface area (Å²) >= 11 is 3.18. The number of hydrogen-bond donors (Lipinski definition) is 1. The lowest BCUT2D eigenvalue weighted by atomic mass is 9.80. The number of nitrogens with zero attached hydrogens (tertiary/aromatic N) is 2. The largest absolute Gasteiger partial charge is 0.341 e. The number of piperidine rings is 1. The Morgan fingerprint density at radius 2 is 2.22 bits per heavy atom. The standard InChI is InChI=1S/C16H21N3OS2.ClH/c1-16(2)10-19(8-7-13(16)17)14(20)9-21-15-18-11-5-3-4-6-12(11)22-15;/h3-6,13H,7-10,17H2,1-2H3;1H. The zero-order valence-corrected chi connectivity index (χ0v) is 15.8. The smallest absolute Gasteiger partial charge is 0.233 e. The predicted octanol–water partition coefficient (Wildman–Crippen LogP) is 3.40. The monoisotopic (exact) mass is 371 g/mol. The minimum absolute atomic E-state index is 0. The Hall–Kier alpha value is -0.820. The lowest BCUT2D eigenvalue weighted by molar-refractivity contribution is -0.131. The van der Waals surface area contributed by atoms with Crippen LogP contribution in [0.4, 0.5) is 0 Å². The molecule has 1 aromatic heterocycles. The first-order valence-corrected chi connectivity index (χ1v) is 9.28. The van der Waals surface area contributed by atoms with Crippen molar-refractivity contribution in [3.8, 4) is 0 Å². The molecule has 1 aliphatic rings. The number of para-hydroxylation sites is 1. The highest BCUT2D eigenvalue weighted by Crippen LogP contribution is 2.31. The van der Waals surface area contributed by atoms with Gasteiger partial charge in [0.1, 0.15) is 0 Å². The fourth-order valence-electron chi connectivity index (χ4n) is 2.71. The molecular weight excluding hydrogens is 350 g/mol. The van der Waals surface area contributed by atoms with E-state index in [1.54, 1.807) is 11.3 Å². The van der Waals surface area contributed by atoms with Crippen molar-refractivity contribution in [3.63, 3.8) is 0 Å². The maximum atomic E-state index is 12.4. The molecule has 2 aromatic rings. The highest BCUT2D eigenvalue weighted by molar-refractivity contribution is 8.01. The zero-order chi connectivity index (χ0) is 15.7. The molecule has 0 spiro atoms. The van der Waals surface area contributed by atoms with Crippen LogP contribution in [0.1, 0.15) is 20.3 Å². The fourth-order valence-corrected chi connectivity index (χ4v) is 4.69. The van der Waals surface area contributed by atoms with Gasteiger partial charge < -0.3 is 10.6 Å². The van der Waals surface area contributed by atoms with Gasteiger partial charge in [-0.1, -0.05) is 37.7 Å². The Balaban J connectivity index is 0.00000192. The van der Waals surface area contributed by atoms with Gasteiger partial charge in [0, 0.05) is 19.1 Å². The predicted molar refractivity (Wildman–Crippen MR) is 101 cm³/mol. The summed E-state index contributed by atoms with van der Waals surface area (Å²) in [5.41, 5.74) is 7.13. The number of carbonyl (C=O) groups is 1. The molecule has 1 aliphatic heterocycles. The van der Waals surface area contributed by atoms with E-state index < -0.39 is 0 Å². The Labute approximate surface area is 151 Å². The molecule has 3 rings (SSSR count). The number of amides is 1. The number of thiazole rings is 1. The van der Waals surface area contributed by atoms with Crippen molar-refractivity contribution in [2.24, 2.45) is 11.1 Å². The molecule has 2 heterocycles. The second-order valence-corrected chi connectivity index (χ2v) is 8.69. The molecule has 1 atom stereocenters. The summed E-state index contributed by atoms with van der Waals surface area (Å²) in [6, 6.07) is 8.24. The molecule has 1 saturated heterocycles. The molecular formula is C16H22ClN3OS2. The van der Waals surface area contributed by atoms with Gasteiger partial charge in [0.2, 0.25) is 5.91 Å². The summed E-state index contributed by atoms with van der Waals surface area (Å²) in [6.07, 6.45) is 0.880. The highest BCUT2D eigenvalue weighted by atomic mass is 35.5. The van der Waals surface area contributed by atoms with E-state index in [2.05, 4.69) is 24.9 Å². The van der Waals surface area contributed by atoms with Crippen LogP contribution in [0.3, 0.4) is 0 Å². The molecule has 4 nitrogen and oxygen atoms in total. The molecule has 7 heteroatoms. The van der Waals surface area contributed by atoms with Crippen LogP contribution in [-0.4, -0.2) is 40.7 Å². The Morgan fingerprint density at radius 1 is 1.48 bits per heavy atom. The number of nitrogens with two attached hydrogens (primary N) is 1. The van der Waals surface area contributed by atoms with Crippen molar-refractivity contribution < 1.29 is 4.79 Å². The van der Waals surface area contributed by atoms with E-state index in [9.17, 15) is 4.79 Å². The summed E-state index contributed by atoms with van der Waals surface area (Å²) in [7, 11) is 0. The number of hydrogen-bond acceptors (Lipinski definition) is 5. The summed E-state index contributed by atoms with van der Waals surface area (Å²) in [6.45, 7) is 5.78. The van der Waals surface area contributed by atoms with E-state index in [1.807, 2.05) is 23.1 Å². The van der Waals surface area contributed by atoms with Gasteiger partial charge in [-0.3, -0.25) is 4.79 Å². The van der Waals surface area contributed by atoms with E-state index in [1.165, 1.54) is 16.5 Å². The third kappa shape index (κ3) is 4.18. The molecule has 0 saturated carbocycles. The van der Waals surface area contributed by atoms with E-state index in [0.717, 1.165) is 29.4 Å². The fraction of sp³-hybridized carbons (Fsp3) is 0.500. The molecule has 1 aromatic carbocycles. The molecule has 1 amide bonds. The van der Waals surface area contributed by atoms with Crippen molar-refractivity contribution in [2.75, 3.05) is 18.8 Å². The number of benzene rings is 1. The van der Waals surface area contributed by atoms with Gasteiger partial charge in [-0.05, 0) is 24.0 Å². The Kier molecular flexibility index (Phi) is 5.94. The summed E-state index contributed by atoms with van der Waals surface area (Å²) < 4.78 is 2.13. The summed E-state index contributed by atoms with van der Waals surface area (Å²) in [4.78, 5) is 18.9. The van der Waals surface area contributed by atoms with Crippen LogP contribution in [0.5, 0.6) is 0 Å². The van der Waals surface area contributed by atoms with Gasteiger partial charge in [0.15, 0.2) is 4.34 Å². The first-order valence-electron chi connectivity index (χ1n) is 7.47. The van der Waals surface area contributed by atoms with Crippen LogP contribution in [-0.2, 0) is 4.79 Å². The maximum absolute atomic E-state index is 12.4. The van der Waals surface area contributed by atoms with Gasteiger partial charge in [0.25, 0.3) is 0 Å². The summed E-state index contributed by atoms with van der Waals surface area (Å²) in [5, 5.41) is 0. The van der Waals surface area contributed by atoms with Crippen LogP contribution in [0.15, 0.2) is 28.6 Å². The van der Waals surface area contributed by atoms with E-state index in [-0.39, 0.29) is 29.8 Å². The van der Waals surface area contributed by atoms with Crippen LogP contribution >= 0.6 is 35.5 Å². The SMILES string of the molecule is CC1(C)CN(C(=O)CSc2nc3ccccc3s2)CCC1N.Cl. The van der Waals surface area contributed by atoms with Crippen molar-refractivity contribution in [2.45, 2.75) is 30.6 Å². The highest BCUT2D eigenvalue weighted by Gasteiger charge is 2.35. The van der Waals surface area contributed by atoms with E-state index in [0.29, 0.717) is 5.75 Å². The van der Waals surface area contributed by atoms with E-state index >= 15 is 0 Å². The van der Waals surface area contributed by atoms with Gasteiger partial charge in [-0.15, -0.1) is 23.7 Å². The first-order chi connectivity index (χ1) is 10.5. The molecule has 1 unspecified atom stereocenters. The minimum atomic E-state index is -0.00552. The zero-order valence-electron chi connectivity index (χ0n) is 13.3. The topological polar surface area (TPSA) is 59.2 Å². The first kappa shape index (κ1) is 18.5. The lowest BCUT2D eigenvalue weighted by Crippen LogP contribution is -2.54. The normalized spacial score (nSPS) is 20.3.